The van der Waals surface area contributed by atoms with Crippen molar-refractivity contribution < 1.29 is 27.8 Å². The topological polar surface area (TPSA) is 58.7 Å². The van der Waals surface area contributed by atoms with Crippen molar-refractivity contribution in [2.75, 3.05) is 41.2 Å². The van der Waals surface area contributed by atoms with E-state index in [0.717, 1.165) is 25.5 Å². The Bertz CT molecular complexity index is 237. The SMILES string of the molecule is CO[Si](CCCCCCCCOOCC1CO1)(OC)OC. The highest BCUT2D eigenvalue weighted by Crippen LogP contribution is 2.18. The maximum atomic E-state index is 5.40. The maximum absolute atomic E-state index is 5.40. The van der Waals surface area contributed by atoms with Gasteiger partial charge >= 0.3 is 8.80 Å². The molecule has 0 amide bonds. The van der Waals surface area contributed by atoms with Crippen molar-refractivity contribution in [2.45, 2.75) is 50.7 Å². The molecule has 0 aromatic heterocycles. The monoisotopic (exact) mass is 322 g/mol. The summed E-state index contributed by atoms with van der Waals surface area (Å²) in [4.78, 5) is 10.1. The molecule has 1 unspecified atom stereocenters. The third-order valence-electron chi connectivity index (χ3n) is 3.63. The molecule has 1 atom stereocenters. The van der Waals surface area contributed by atoms with E-state index in [-0.39, 0.29) is 6.10 Å². The lowest BCUT2D eigenvalue weighted by Crippen LogP contribution is -2.42. The molecule has 0 aliphatic carbocycles. The average Bonchev–Trinajstić information content (AvgIpc) is 3.33. The van der Waals surface area contributed by atoms with Gasteiger partial charge < -0.3 is 18.0 Å². The Labute approximate surface area is 129 Å². The Kier molecular flexibility index (Phi) is 10.4. The van der Waals surface area contributed by atoms with Crippen LogP contribution in [-0.4, -0.2) is 56.1 Å². The van der Waals surface area contributed by atoms with E-state index in [1.54, 1.807) is 21.3 Å². The predicted octanol–water partition coefficient (Wildman–Crippen LogP) is 2.55. The highest BCUT2D eigenvalue weighted by molar-refractivity contribution is 6.60. The first kappa shape index (κ1) is 19.0. The van der Waals surface area contributed by atoms with Crippen LogP contribution < -0.4 is 0 Å². The Balaban J connectivity index is 1.81. The number of unbranched alkanes of at least 4 members (excludes halogenated alkanes) is 5. The van der Waals surface area contributed by atoms with E-state index in [9.17, 15) is 0 Å². The minimum absolute atomic E-state index is 0.270. The van der Waals surface area contributed by atoms with Gasteiger partial charge in [0.05, 0.1) is 13.2 Å². The minimum Gasteiger partial charge on any atom is -0.377 e. The molecule has 0 N–H and O–H groups in total. The molecule has 126 valence electrons. The van der Waals surface area contributed by atoms with Gasteiger partial charge in [-0.3, -0.25) is 0 Å². The molecule has 1 saturated heterocycles. The molecule has 1 aliphatic rings. The standard InChI is InChI=1S/C14H30O6Si/c1-15-21(16-2,17-3)11-9-7-5-4-6-8-10-19-20-13-14-12-18-14/h14H,4-13H2,1-3H3. The van der Waals surface area contributed by atoms with Crippen molar-refractivity contribution in [3.05, 3.63) is 0 Å². The average molecular weight is 322 g/mol. The molecule has 1 heterocycles. The molecule has 0 radical (unpaired) electrons. The Morgan fingerprint density at radius 2 is 1.43 bits per heavy atom. The van der Waals surface area contributed by atoms with E-state index >= 15 is 0 Å². The Hall–Kier alpha value is -0.0231. The molecular formula is C14H30O6Si. The normalized spacial score (nSPS) is 18.1. The second-order valence-corrected chi connectivity index (χ2v) is 8.32. The van der Waals surface area contributed by atoms with Crippen LogP contribution in [0.4, 0.5) is 0 Å². The lowest BCUT2D eigenvalue weighted by Gasteiger charge is -2.24. The lowest BCUT2D eigenvalue weighted by atomic mass is 10.1. The van der Waals surface area contributed by atoms with Crippen LogP contribution in [0.5, 0.6) is 0 Å². The summed E-state index contributed by atoms with van der Waals surface area (Å²) in [6.45, 7) is 2.03. The van der Waals surface area contributed by atoms with E-state index < -0.39 is 8.80 Å². The Morgan fingerprint density at radius 1 is 0.857 bits per heavy atom. The fourth-order valence-corrected chi connectivity index (χ4v) is 3.91. The van der Waals surface area contributed by atoms with Crippen LogP contribution in [-0.2, 0) is 27.8 Å². The minimum atomic E-state index is -2.36. The molecule has 0 bridgehead atoms. The molecular weight excluding hydrogens is 292 g/mol. The van der Waals surface area contributed by atoms with Gasteiger partial charge in [-0.05, 0) is 12.8 Å². The van der Waals surface area contributed by atoms with Crippen LogP contribution >= 0.6 is 0 Å². The van der Waals surface area contributed by atoms with E-state index in [1.807, 2.05) is 0 Å². The number of hydrogen-bond donors (Lipinski definition) is 0. The summed E-state index contributed by atoms with van der Waals surface area (Å²) in [5, 5.41) is 0. The second kappa shape index (κ2) is 11.5. The third-order valence-corrected chi connectivity index (χ3v) is 6.47. The fraction of sp³-hybridized carbons (Fsp3) is 1.00. The summed E-state index contributed by atoms with van der Waals surface area (Å²) in [6, 6.07) is 0.886. The first-order valence-electron chi connectivity index (χ1n) is 7.78. The highest BCUT2D eigenvalue weighted by Gasteiger charge is 2.36. The van der Waals surface area contributed by atoms with Crippen LogP contribution in [0.1, 0.15) is 38.5 Å². The zero-order chi connectivity index (χ0) is 15.4. The first-order valence-corrected chi connectivity index (χ1v) is 9.71. The number of ether oxygens (including phenoxy) is 1. The molecule has 6 nitrogen and oxygen atoms in total. The van der Waals surface area contributed by atoms with Crippen molar-refractivity contribution in [3.8, 4) is 0 Å². The summed E-state index contributed by atoms with van der Waals surface area (Å²) in [5.74, 6) is 0. The third kappa shape index (κ3) is 8.87. The first-order chi connectivity index (χ1) is 10.3. The smallest absolute Gasteiger partial charge is 0.377 e. The summed E-state index contributed by atoms with van der Waals surface area (Å²) < 4.78 is 21.2. The molecule has 0 aromatic carbocycles. The molecule has 0 aromatic rings. The highest BCUT2D eigenvalue weighted by atomic mass is 28.4. The van der Waals surface area contributed by atoms with Gasteiger partial charge in [0.2, 0.25) is 0 Å². The predicted molar refractivity (Wildman–Crippen MR) is 80.9 cm³/mol. The van der Waals surface area contributed by atoms with Crippen molar-refractivity contribution in [1.29, 1.82) is 0 Å². The van der Waals surface area contributed by atoms with Gasteiger partial charge in [-0.1, -0.05) is 25.7 Å². The number of rotatable bonds is 15. The van der Waals surface area contributed by atoms with Gasteiger partial charge in [0.25, 0.3) is 0 Å². The second-order valence-electron chi connectivity index (χ2n) is 5.23. The van der Waals surface area contributed by atoms with Crippen molar-refractivity contribution in [2.24, 2.45) is 0 Å². The quantitative estimate of drug-likeness (QED) is 0.152. The van der Waals surface area contributed by atoms with Gasteiger partial charge in [0.1, 0.15) is 12.7 Å². The molecule has 0 spiro atoms. The van der Waals surface area contributed by atoms with E-state index in [1.165, 1.54) is 25.7 Å². The largest absolute Gasteiger partial charge is 0.500 e. The zero-order valence-corrected chi connectivity index (χ0v) is 14.6. The number of hydrogen-bond acceptors (Lipinski definition) is 6. The van der Waals surface area contributed by atoms with Gasteiger partial charge in [-0.2, -0.15) is 0 Å². The van der Waals surface area contributed by atoms with Gasteiger partial charge in [-0.25, -0.2) is 9.78 Å². The molecule has 1 aliphatic heterocycles. The summed E-state index contributed by atoms with van der Waals surface area (Å²) in [7, 11) is 2.63. The number of epoxide rings is 1. The van der Waals surface area contributed by atoms with E-state index in [4.69, 9.17) is 27.8 Å². The lowest BCUT2D eigenvalue weighted by molar-refractivity contribution is -0.296. The van der Waals surface area contributed by atoms with Crippen molar-refractivity contribution in [1.82, 2.24) is 0 Å². The molecule has 21 heavy (non-hydrogen) atoms. The van der Waals surface area contributed by atoms with Gasteiger partial charge in [0, 0.05) is 27.4 Å². The molecule has 7 heteroatoms. The molecule has 1 fully saturated rings. The summed E-state index contributed by atoms with van der Waals surface area (Å²) in [6.07, 6.45) is 7.19. The van der Waals surface area contributed by atoms with Gasteiger partial charge in [0.15, 0.2) is 0 Å². The molecule has 0 saturated carbocycles. The molecule has 1 rings (SSSR count). The van der Waals surface area contributed by atoms with Crippen molar-refractivity contribution >= 4 is 8.80 Å². The summed E-state index contributed by atoms with van der Waals surface area (Å²) in [5.41, 5.74) is 0. The van der Waals surface area contributed by atoms with E-state index in [2.05, 4.69) is 0 Å². The van der Waals surface area contributed by atoms with Crippen LogP contribution in [0, 0.1) is 0 Å². The van der Waals surface area contributed by atoms with Crippen LogP contribution in [0.2, 0.25) is 6.04 Å². The van der Waals surface area contributed by atoms with Crippen molar-refractivity contribution in [3.63, 3.8) is 0 Å². The van der Waals surface area contributed by atoms with Crippen LogP contribution in [0.15, 0.2) is 0 Å². The fourth-order valence-electron chi connectivity index (χ4n) is 2.11. The van der Waals surface area contributed by atoms with Crippen LogP contribution in [0.25, 0.3) is 0 Å². The zero-order valence-electron chi connectivity index (χ0n) is 13.6. The van der Waals surface area contributed by atoms with Gasteiger partial charge in [-0.15, -0.1) is 0 Å². The maximum Gasteiger partial charge on any atom is 0.500 e. The van der Waals surface area contributed by atoms with E-state index in [0.29, 0.717) is 13.2 Å². The summed E-state index contributed by atoms with van der Waals surface area (Å²) >= 11 is 0. The van der Waals surface area contributed by atoms with Crippen LogP contribution in [0.3, 0.4) is 0 Å². The Morgan fingerprint density at radius 3 is 2.00 bits per heavy atom.